The predicted octanol–water partition coefficient (Wildman–Crippen LogP) is 3.68. The normalized spacial score (nSPS) is 11.7. The Balaban J connectivity index is 1.99. The first-order chi connectivity index (χ1) is 15.3. The first kappa shape index (κ1) is 23.5. The first-order valence-corrected chi connectivity index (χ1v) is 11.5. The average molecular weight is 458 g/mol. The fraction of sp³-hybridized carbons (Fsp3) is 0.304. The molecule has 0 amide bonds. The van der Waals surface area contributed by atoms with E-state index in [0.717, 1.165) is 11.1 Å². The maximum absolute atomic E-state index is 13.6. The van der Waals surface area contributed by atoms with Crippen LogP contribution in [-0.4, -0.2) is 43.0 Å². The largest absolute Gasteiger partial charge is 0.497 e. The van der Waals surface area contributed by atoms with Gasteiger partial charge in [0.2, 0.25) is 0 Å². The summed E-state index contributed by atoms with van der Waals surface area (Å²) in [5.41, 5.74) is 1.80. The van der Waals surface area contributed by atoms with E-state index in [1.807, 2.05) is 38.1 Å². The molecule has 170 valence electrons. The number of nitrogens with zero attached hydrogens (tertiary/aromatic N) is 3. The minimum atomic E-state index is -3.99. The number of hydrogen-bond acceptors (Lipinski definition) is 6. The fourth-order valence-electron chi connectivity index (χ4n) is 3.24. The highest BCUT2D eigenvalue weighted by molar-refractivity contribution is 7.89. The molecule has 0 aliphatic carbocycles. The van der Waals surface area contributed by atoms with Crippen molar-refractivity contribution in [2.24, 2.45) is 0 Å². The maximum Gasteiger partial charge on any atom is 0.263 e. The molecule has 0 unspecified atom stereocenters. The highest BCUT2D eigenvalue weighted by Gasteiger charge is 2.29. The molecule has 0 saturated carbocycles. The molecule has 3 rings (SSSR count). The second-order valence-electron chi connectivity index (χ2n) is 7.53. The zero-order valence-electron chi connectivity index (χ0n) is 18.6. The molecule has 0 N–H and O–H groups in total. The molecule has 0 aliphatic rings. The van der Waals surface area contributed by atoms with Crippen molar-refractivity contribution in [2.45, 2.75) is 38.0 Å². The van der Waals surface area contributed by atoms with Crippen molar-refractivity contribution in [3.63, 3.8) is 0 Å². The van der Waals surface area contributed by atoms with Crippen molar-refractivity contribution < 1.29 is 22.7 Å². The number of hydrogen-bond donors (Lipinski definition) is 0. The van der Waals surface area contributed by atoms with Crippen molar-refractivity contribution in [3.8, 4) is 11.5 Å². The molecule has 0 bridgehead atoms. The van der Waals surface area contributed by atoms with Gasteiger partial charge < -0.3 is 9.47 Å². The Bertz CT molecular complexity index is 1100. The Hall–Kier alpha value is -3.17. The smallest absolute Gasteiger partial charge is 0.263 e. The summed E-state index contributed by atoms with van der Waals surface area (Å²) in [4.78, 5) is 11.5. The number of ether oxygens (including phenoxy) is 2. The molecule has 2 aromatic carbocycles. The number of aldehydes is 1. The lowest BCUT2D eigenvalue weighted by Crippen LogP contribution is -2.30. The Morgan fingerprint density at radius 2 is 1.41 bits per heavy atom. The molecule has 0 radical (unpaired) electrons. The number of benzene rings is 2. The van der Waals surface area contributed by atoms with Crippen molar-refractivity contribution in [3.05, 3.63) is 71.4 Å². The van der Waals surface area contributed by atoms with Crippen LogP contribution in [0.15, 0.2) is 59.6 Å². The van der Waals surface area contributed by atoms with Gasteiger partial charge in [0.1, 0.15) is 17.2 Å². The van der Waals surface area contributed by atoms with Crippen LogP contribution >= 0.6 is 0 Å². The molecule has 1 aromatic heterocycles. The van der Waals surface area contributed by atoms with Crippen LogP contribution in [0.4, 0.5) is 0 Å². The Kier molecular flexibility index (Phi) is 7.32. The minimum absolute atomic E-state index is 0.128. The van der Waals surface area contributed by atoms with E-state index in [0.29, 0.717) is 17.8 Å². The zero-order chi connectivity index (χ0) is 23.3. The third-order valence-electron chi connectivity index (χ3n) is 4.99. The van der Waals surface area contributed by atoms with Crippen molar-refractivity contribution in [2.75, 3.05) is 14.2 Å². The minimum Gasteiger partial charge on any atom is -0.497 e. The second kappa shape index (κ2) is 9.97. The highest BCUT2D eigenvalue weighted by atomic mass is 32.2. The van der Waals surface area contributed by atoms with Crippen LogP contribution in [-0.2, 0) is 23.1 Å². The van der Waals surface area contributed by atoms with Gasteiger partial charge in [-0.2, -0.15) is 9.40 Å². The number of carbonyl (C=O) groups is 1. The van der Waals surface area contributed by atoms with E-state index in [1.54, 1.807) is 38.5 Å². The van der Waals surface area contributed by atoms with Crippen LogP contribution in [0.3, 0.4) is 0 Å². The lowest BCUT2D eigenvalue weighted by atomic mass is 10.2. The lowest BCUT2D eigenvalue weighted by Gasteiger charge is -2.21. The third-order valence-corrected chi connectivity index (χ3v) is 6.66. The van der Waals surface area contributed by atoms with Gasteiger partial charge in [-0.3, -0.25) is 9.48 Å². The molecular formula is C23H27N3O5S. The Labute approximate surface area is 188 Å². The van der Waals surface area contributed by atoms with E-state index >= 15 is 0 Å². The highest BCUT2D eigenvalue weighted by Crippen LogP contribution is 2.24. The summed E-state index contributed by atoms with van der Waals surface area (Å²) in [7, 11) is -0.845. The molecule has 32 heavy (non-hydrogen) atoms. The van der Waals surface area contributed by atoms with Gasteiger partial charge in [-0.15, -0.1) is 0 Å². The Morgan fingerprint density at radius 1 is 0.938 bits per heavy atom. The monoisotopic (exact) mass is 457 g/mol. The van der Waals surface area contributed by atoms with Gasteiger partial charge in [0.15, 0.2) is 11.3 Å². The average Bonchev–Trinajstić information content (AvgIpc) is 3.25. The molecule has 3 aromatic rings. The van der Waals surface area contributed by atoms with Gasteiger partial charge in [-0.1, -0.05) is 24.3 Å². The van der Waals surface area contributed by atoms with Crippen LogP contribution < -0.4 is 9.47 Å². The van der Waals surface area contributed by atoms with Gasteiger partial charge in [0.05, 0.1) is 14.2 Å². The van der Waals surface area contributed by atoms with E-state index in [9.17, 15) is 13.2 Å². The van der Waals surface area contributed by atoms with E-state index < -0.39 is 10.0 Å². The van der Waals surface area contributed by atoms with Crippen molar-refractivity contribution in [1.29, 1.82) is 0 Å². The first-order valence-electron chi connectivity index (χ1n) is 10.1. The summed E-state index contributed by atoms with van der Waals surface area (Å²) in [6.07, 6.45) is 0.614. The summed E-state index contributed by atoms with van der Waals surface area (Å²) in [5.74, 6) is 1.37. The van der Waals surface area contributed by atoms with E-state index in [1.165, 1.54) is 15.1 Å². The molecule has 9 heteroatoms. The number of rotatable bonds is 10. The van der Waals surface area contributed by atoms with Gasteiger partial charge in [-0.25, -0.2) is 8.42 Å². The molecule has 0 saturated heterocycles. The van der Waals surface area contributed by atoms with Gasteiger partial charge in [-0.05, 0) is 49.2 Å². The van der Waals surface area contributed by atoms with Crippen LogP contribution in [0.1, 0.15) is 41.5 Å². The molecule has 0 spiro atoms. The molecule has 1 heterocycles. The molecular weight excluding hydrogens is 430 g/mol. The van der Waals surface area contributed by atoms with Gasteiger partial charge in [0, 0.05) is 25.2 Å². The van der Waals surface area contributed by atoms with Crippen molar-refractivity contribution >= 4 is 16.3 Å². The summed E-state index contributed by atoms with van der Waals surface area (Å²) >= 11 is 0. The molecule has 0 fully saturated rings. The topological polar surface area (TPSA) is 90.7 Å². The maximum atomic E-state index is 13.6. The van der Waals surface area contributed by atoms with Crippen molar-refractivity contribution in [1.82, 2.24) is 14.1 Å². The zero-order valence-corrected chi connectivity index (χ0v) is 19.4. The number of sulfonamides is 1. The fourth-order valence-corrected chi connectivity index (χ4v) is 4.60. The number of aromatic nitrogens is 2. The molecule has 0 aliphatic heterocycles. The Morgan fingerprint density at radius 3 is 1.75 bits per heavy atom. The van der Waals surface area contributed by atoms with Crippen LogP contribution in [0.25, 0.3) is 0 Å². The lowest BCUT2D eigenvalue weighted by molar-refractivity contribution is 0.111. The van der Waals surface area contributed by atoms with E-state index in [2.05, 4.69) is 5.10 Å². The summed E-state index contributed by atoms with van der Waals surface area (Å²) in [6.45, 7) is 3.93. The SMILES string of the molecule is COc1ccc(CN(Cc2ccc(OC)cc2)S(=O)(=O)c2cc(C=O)n(C(C)C)n2)cc1. The van der Waals surface area contributed by atoms with E-state index in [4.69, 9.17) is 9.47 Å². The number of carbonyl (C=O) groups excluding carboxylic acids is 1. The van der Waals surface area contributed by atoms with Gasteiger partial charge >= 0.3 is 0 Å². The molecule has 8 nitrogen and oxygen atoms in total. The van der Waals surface area contributed by atoms with Gasteiger partial charge in [0.25, 0.3) is 10.0 Å². The summed E-state index contributed by atoms with van der Waals surface area (Å²) < 4.78 is 40.3. The summed E-state index contributed by atoms with van der Waals surface area (Å²) in [5, 5.41) is 4.07. The van der Waals surface area contributed by atoms with Crippen LogP contribution in [0, 0.1) is 0 Å². The quantitative estimate of drug-likeness (QED) is 0.431. The number of methoxy groups -OCH3 is 2. The second-order valence-corrected chi connectivity index (χ2v) is 9.42. The summed E-state index contributed by atoms with van der Waals surface area (Å²) in [6, 6.07) is 15.6. The predicted molar refractivity (Wildman–Crippen MR) is 120 cm³/mol. The molecule has 0 atom stereocenters. The van der Waals surface area contributed by atoms with Crippen LogP contribution in [0.5, 0.6) is 11.5 Å². The third kappa shape index (κ3) is 5.17. The van der Waals surface area contributed by atoms with Crippen LogP contribution in [0.2, 0.25) is 0 Å². The van der Waals surface area contributed by atoms with E-state index in [-0.39, 0.29) is 29.9 Å². The standard InChI is InChI=1S/C23H27N3O5S/c1-17(2)26-20(16-27)13-23(24-26)32(28,29)25(14-18-5-9-21(30-3)10-6-18)15-19-7-11-22(31-4)12-8-19/h5-13,16-17H,14-15H2,1-4H3.